The molecule has 11 nitrogen and oxygen atoms in total. The molecule has 0 bridgehead atoms. The largest absolute Gasteiger partial charge is 0.461 e. The first-order valence-electron chi connectivity index (χ1n) is 13.4. The van der Waals surface area contributed by atoms with Gasteiger partial charge in [-0.2, -0.15) is 4.98 Å². The lowest BCUT2D eigenvalue weighted by atomic mass is 10.1. The van der Waals surface area contributed by atoms with Crippen molar-refractivity contribution in [2.24, 2.45) is 0 Å². The predicted molar refractivity (Wildman–Crippen MR) is 155 cm³/mol. The van der Waals surface area contributed by atoms with Crippen LogP contribution in [0.1, 0.15) is 26.0 Å². The lowest BCUT2D eigenvalue weighted by Crippen LogP contribution is -2.55. The molecule has 0 radical (unpaired) electrons. The van der Waals surface area contributed by atoms with Crippen molar-refractivity contribution in [3.8, 4) is 11.5 Å². The molecule has 3 N–H and O–H groups in total. The van der Waals surface area contributed by atoms with Gasteiger partial charge in [0.1, 0.15) is 23.4 Å². The van der Waals surface area contributed by atoms with E-state index >= 15 is 0 Å². The number of benzene rings is 1. The molecule has 5 rings (SSSR count). The Morgan fingerprint density at radius 1 is 1.02 bits per heavy atom. The lowest BCUT2D eigenvalue weighted by molar-refractivity contribution is -0.150. The number of piperazine rings is 1. The van der Waals surface area contributed by atoms with E-state index in [0.717, 1.165) is 30.0 Å². The van der Waals surface area contributed by atoms with E-state index in [1.165, 1.54) is 0 Å². The third kappa shape index (κ3) is 6.86. The third-order valence-electron chi connectivity index (χ3n) is 6.53. The second kappa shape index (κ2) is 12.5. The first kappa shape index (κ1) is 26.9. The molecule has 1 fully saturated rings. The van der Waals surface area contributed by atoms with Gasteiger partial charge in [-0.3, -0.25) is 4.79 Å². The number of nitrogens with zero attached hydrogens (tertiary/aromatic N) is 6. The van der Waals surface area contributed by atoms with Gasteiger partial charge in [0, 0.05) is 49.1 Å². The van der Waals surface area contributed by atoms with Crippen molar-refractivity contribution in [3.63, 3.8) is 0 Å². The number of pyridine rings is 1. The van der Waals surface area contributed by atoms with E-state index in [0.29, 0.717) is 42.2 Å². The van der Waals surface area contributed by atoms with E-state index in [9.17, 15) is 4.79 Å². The summed E-state index contributed by atoms with van der Waals surface area (Å²) >= 11 is 0. The van der Waals surface area contributed by atoms with Crippen molar-refractivity contribution >= 4 is 34.9 Å². The van der Waals surface area contributed by atoms with E-state index in [1.54, 1.807) is 24.5 Å². The zero-order valence-electron chi connectivity index (χ0n) is 22.8. The fraction of sp³-hybridized carbons (Fsp3) is 0.310. The van der Waals surface area contributed by atoms with E-state index in [2.05, 4.69) is 45.8 Å². The van der Waals surface area contributed by atoms with Crippen LogP contribution in [0.3, 0.4) is 0 Å². The minimum atomic E-state index is -0.344. The summed E-state index contributed by atoms with van der Waals surface area (Å²) in [5, 5.41) is 9.73. The highest BCUT2D eigenvalue weighted by molar-refractivity contribution is 5.77. The maximum atomic E-state index is 12.5. The molecule has 2 atom stereocenters. The van der Waals surface area contributed by atoms with Crippen LogP contribution in [0.4, 0.5) is 29.0 Å². The molecule has 0 aliphatic carbocycles. The minimum absolute atomic E-state index is 0.0830. The van der Waals surface area contributed by atoms with Crippen LogP contribution >= 0.6 is 0 Å². The van der Waals surface area contributed by atoms with Gasteiger partial charge in [0.15, 0.2) is 5.82 Å². The zero-order valence-corrected chi connectivity index (χ0v) is 22.8. The van der Waals surface area contributed by atoms with Crippen molar-refractivity contribution in [2.45, 2.75) is 39.3 Å². The number of aromatic nitrogens is 5. The summed E-state index contributed by atoms with van der Waals surface area (Å²) in [6, 6.07) is 16.9. The van der Waals surface area contributed by atoms with Gasteiger partial charge in [0.2, 0.25) is 5.95 Å². The molecule has 206 valence electrons. The van der Waals surface area contributed by atoms with Crippen LogP contribution in [0, 0.1) is 6.92 Å². The second-order valence-electron chi connectivity index (χ2n) is 9.60. The summed E-state index contributed by atoms with van der Waals surface area (Å²) in [5.41, 5.74) is 3.49. The Morgan fingerprint density at radius 3 is 2.58 bits per heavy atom. The van der Waals surface area contributed by atoms with E-state index < -0.39 is 0 Å². The molecular weight excluding hydrogens is 506 g/mol. The van der Waals surface area contributed by atoms with Gasteiger partial charge in [0.25, 0.3) is 0 Å². The molecule has 1 aliphatic rings. The SMILES string of the molecule is CCC(C)OC(=O)C1CN(c2ccc(Nc3nccc(Nc4ccnc(-c5cccc(C)n5)n4)n3)cc2)CCN1. The van der Waals surface area contributed by atoms with Crippen LogP contribution in [0.15, 0.2) is 67.0 Å². The molecule has 0 saturated carbocycles. The van der Waals surface area contributed by atoms with Gasteiger partial charge in [-0.15, -0.1) is 0 Å². The van der Waals surface area contributed by atoms with E-state index in [1.807, 2.05) is 63.2 Å². The van der Waals surface area contributed by atoms with Crippen LogP contribution in [0.5, 0.6) is 0 Å². The highest BCUT2D eigenvalue weighted by atomic mass is 16.5. The second-order valence-corrected chi connectivity index (χ2v) is 9.60. The fourth-order valence-corrected chi connectivity index (χ4v) is 4.23. The van der Waals surface area contributed by atoms with Crippen molar-refractivity contribution in [1.82, 2.24) is 30.2 Å². The normalized spacial score (nSPS) is 15.8. The van der Waals surface area contributed by atoms with Crippen molar-refractivity contribution < 1.29 is 9.53 Å². The number of hydrogen-bond donors (Lipinski definition) is 3. The first-order chi connectivity index (χ1) is 19.5. The number of esters is 1. The molecular formula is C29H33N9O2. The number of carbonyl (C=O) groups is 1. The van der Waals surface area contributed by atoms with E-state index in [-0.39, 0.29) is 18.1 Å². The van der Waals surface area contributed by atoms with Gasteiger partial charge < -0.3 is 25.6 Å². The maximum absolute atomic E-state index is 12.5. The number of ether oxygens (including phenoxy) is 1. The van der Waals surface area contributed by atoms with Crippen LogP contribution < -0.4 is 20.9 Å². The highest BCUT2D eigenvalue weighted by Gasteiger charge is 2.27. The summed E-state index contributed by atoms with van der Waals surface area (Å²) in [6.07, 6.45) is 4.08. The average Bonchev–Trinajstić information content (AvgIpc) is 2.98. The summed E-state index contributed by atoms with van der Waals surface area (Å²) in [6.45, 7) is 7.93. The summed E-state index contributed by atoms with van der Waals surface area (Å²) in [7, 11) is 0. The predicted octanol–water partition coefficient (Wildman–Crippen LogP) is 4.24. The molecule has 2 unspecified atom stereocenters. The van der Waals surface area contributed by atoms with Gasteiger partial charge in [0.05, 0.1) is 6.10 Å². The van der Waals surface area contributed by atoms with Gasteiger partial charge in [-0.1, -0.05) is 13.0 Å². The number of hydrogen-bond acceptors (Lipinski definition) is 11. The minimum Gasteiger partial charge on any atom is -0.461 e. The van der Waals surface area contributed by atoms with Crippen molar-refractivity contribution in [2.75, 3.05) is 35.2 Å². The Balaban J connectivity index is 1.21. The molecule has 11 heteroatoms. The molecule has 1 saturated heterocycles. The van der Waals surface area contributed by atoms with Crippen molar-refractivity contribution in [1.29, 1.82) is 0 Å². The Bertz CT molecular complexity index is 1450. The number of carbonyl (C=O) groups excluding carboxylic acids is 1. The van der Waals surface area contributed by atoms with Crippen LogP contribution in [-0.4, -0.2) is 62.7 Å². The Kier molecular flexibility index (Phi) is 8.41. The molecule has 0 spiro atoms. The number of nitrogens with one attached hydrogen (secondary N) is 3. The molecule has 4 heterocycles. The standard InChI is InChI=1S/C29H33N9O2/c1-4-20(3)40-28(39)24-18-38(17-16-30-24)22-10-8-21(9-11-22)34-29-32-15-13-26(37-29)35-25-12-14-31-27(36-25)23-7-5-6-19(2)33-23/h5-15,20,24,30H,4,16-18H2,1-3H3,(H2,31,32,34,35,36,37). The van der Waals surface area contributed by atoms with Crippen LogP contribution in [0.25, 0.3) is 11.5 Å². The number of anilines is 5. The monoisotopic (exact) mass is 539 g/mol. The average molecular weight is 540 g/mol. The van der Waals surface area contributed by atoms with Crippen molar-refractivity contribution in [3.05, 3.63) is 72.7 Å². The quantitative estimate of drug-likeness (QED) is 0.264. The summed E-state index contributed by atoms with van der Waals surface area (Å²) in [4.78, 5) is 37.0. The molecule has 0 amide bonds. The zero-order chi connectivity index (χ0) is 27.9. The van der Waals surface area contributed by atoms with Gasteiger partial charge in [-0.25, -0.2) is 19.9 Å². The fourth-order valence-electron chi connectivity index (χ4n) is 4.23. The van der Waals surface area contributed by atoms with Crippen LogP contribution in [-0.2, 0) is 9.53 Å². The summed E-state index contributed by atoms with van der Waals surface area (Å²) < 4.78 is 5.52. The number of aryl methyl sites for hydroxylation is 1. The summed E-state index contributed by atoms with van der Waals surface area (Å²) in [5.74, 6) is 1.97. The van der Waals surface area contributed by atoms with E-state index in [4.69, 9.17) is 4.74 Å². The lowest BCUT2D eigenvalue weighted by Gasteiger charge is -2.34. The molecule has 1 aromatic carbocycles. The maximum Gasteiger partial charge on any atom is 0.325 e. The molecule has 40 heavy (non-hydrogen) atoms. The van der Waals surface area contributed by atoms with Gasteiger partial charge >= 0.3 is 5.97 Å². The Hall–Kier alpha value is -4.64. The Morgan fingerprint density at radius 2 is 1.80 bits per heavy atom. The topological polar surface area (TPSA) is 130 Å². The first-order valence-corrected chi connectivity index (χ1v) is 13.4. The van der Waals surface area contributed by atoms with Gasteiger partial charge in [-0.05, 0) is 68.8 Å². The number of rotatable bonds is 9. The molecule has 1 aliphatic heterocycles. The third-order valence-corrected chi connectivity index (χ3v) is 6.53. The van der Waals surface area contributed by atoms with Crippen LogP contribution in [0.2, 0.25) is 0 Å². The molecule has 4 aromatic rings. The highest BCUT2D eigenvalue weighted by Crippen LogP contribution is 2.23. The Labute approximate surface area is 233 Å². The smallest absolute Gasteiger partial charge is 0.325 e. The molecule has 3 aromatic heterocycles.